The highest BCUT2D eigenvalue weighted by Crippen LogP contribution is 2.30. The van der Waals surface area contributed by atoms with Gasteiger partial charge in [-0.2, -0.15) is 11.3 Å². The van der Waals surface area contributed by atoms with E-state index in [1.165, 1.54) is 17.7 Å². The van der Waals surface area contributed by atoms with Gasteiger partial charge in [0.25, 0.3) is 0 Å². The van der Waals surface area contributed by atoms with Crippen LogP contribution in [0.1, 0.15) is 11.1 Å². The molecule has 0 fully saturated rings. The van der Waals surface area contributed by atoms with Crippen molar-refractivity contribution in [3.8, 4) is 17.0 Å². The molecule has 4 rings (SSSR count). The van der Waals surface area contributed by atoms with Crippen LogP contribution in [0, 0.1) is 0 Å². The Morgan fingerprint density at radius 1 is 1.03 bits per heavy atom. The molecule has 0 bridgehead atoms. The molecule has 4 aromatic rings. The van der Waals surface area contributed by atoms with Crippen molar-refractivity contribution >= 4 is 33.8 Å². The summed E-state index contributed by atoms with van der Waals surface area (Å²) < 4.78 is 41.7. The summed E-state index contributed by atoms with van der Waals surface area (Å²) in [6, 6.07) is 15.9. The number of alkyl halides is 3. The third-order valence-corrected chi connectivity index (χ3v) is 5.65. The van der Waals surface area contributed by atoms with Gasteiger partial charge in [-0.05, 0) is 65.9 Å². The Balaban J connectivity index is 1.55. The van der Waals surface area contributed by atoms with Crippen LogP contribution in [0.3, 0.4) is 0 Å². The van der Waals surface area contributed by atoms with Crippen LogP contribution >= 0.6 is 22.9 Å². The van der Waals surface area contributed by atoms with Crippen molar-refractivity contribution in [3.63, 3.8) is 0 Å². The van der Waals surface area contributed by atoms with Gasteiger partial charge in [0, 0.05) is 34.0 Å². The molecule has 160 valence electrons. The lowest BCUT2D eigenvalue weighted by Crippen LogP contribution is -2.18. The number of halogens is 4. The van der Waals surface area contributed by atoms with Crippen molar-refractivity contribution in [1.29, 1.82) is 0 Å². The Labute approximate surface area is 186 Å². The van der Waals surface area contributed by atoms with Crippen molar-refractivity contribution in [3.05, 3.63) is 81.5 Å². The fraction of sp³-hybridized carbons (Fsp3) is 0.174. The molecule has 8 heteroatoms. The number of fused-ring (bicyclic) bond motifs is 1. The molecule has 31 heavy (non-hydrogen) atoms. The highest BCUT2D eigenvalue weighted by atomic mass is 35.5. The lowest BCUT2D eigenvalue weighted by atomic mass is 10.0. The maximum atomic E-state index is 12.6. The number of ether oxygens (including phenoxy) is 1. The molecule has 0 radical (unpaired) electrons. The van der Waals surface area contributed by atoms with Gasteiger partial charge in [-0.25, -0.2) is 4.98 Å². The molecule has 0 saturated heterocycles. The summed E-state index contributed by atoms with van der Waals surface area (Å²) >= 11 is 7.46. The standard InChI is InChI=1S/C23H18ClF3N2OS/c24-19-4-1-15(2-5-19)7-9-28-13-18-11-16-3-6-20(30-23(25,26)27)12-21(16)29-22(18)17-8-10-31-14-17/h1-6,8,10-12,14,28H,7,9,13H2. The van der Waals surface area contributed by atoms with Gasteiger partial charge < -0.3 is 10.1 Å². The van der Waals surface area contributed by atoms with Crippen LogP contribution in [-0.2, 0) is 13.0 Å². The molecule has 0 aliphatic carbocycles. The number of thiophene rings is 1. The smallest absolute Gasteiger partial charge is 0.406 e. The molecule has 2 aromatic carbocycles. The van der Waals surface area contributed by atoms with Gasteiger partial charge in [0.05, 0.1) is 11.2 Å². The van der Waals surface area contributed by atoms with E-state index in [0.29, 0.717) is 17.1 Å². The van der Waals surface area contributed by atoms with Crippen LogP contribution in [0.15, 0.2) is 65.4 Å². The van der Waals surface area contributed by atoms with Crippen molar-refractivity contribution in [1.82, 2.24) is 10.3 Å². The summed E-state index contributed by atoms with van der Waals surface area (Å²) in [6.07, 6.45) is -3.89. The first-order valence-electron chi connectivity index (χ1n) is 9.54. The zero-order chi connectivity index (χ0) is 21.8. The highest BCUT2D eigenvalue weighted by Gasteiger charge is 2.31. The molecule has 1 N–H and O–H groups in total. The van der Waals surface area contributed by atoms with Gasteiger partial charge in [0.15, 0.2) is 0 Å². The summed E-state index contributed by atoms with van der Waals surface area (Å²) in [5.74, 6) is -0.280. The molecule has 3 nitrogen and oxygen atoms in total. The van der Waals surface area contributed by atoms with E-state index in [0.717, 1.165) is 35.2 Å². The molecule has 0 spiro atoms. The average Bonchev–Trinajstić information content (AvgIpc) is 3.25. The Hall–Kier alpha value is -2.61. The third-order valence-electron chi connectivity index (χ3n) is 4.72. The quantitative estimate of drug-likeness (QED) is 0.305. The largest absolute Gasteiger partial charge is 0.573 e. The predicted molar refractivity (Wildman–Crippen MR) is 119 cm³/mol. The summed E-state index contributed by atoms with van der Waals surface area (Å²) in [7, 11) is 0. The van der Waals surface area contributed by atoms with Gasteiger partial charge >= 0.3 is 6.36 Å². The van der Waals surface area contributed by atoms with Crippen molar-refractivity contribution in [2.75, 3.05) is 6.54 Å². The molecular formula is C23H18ClF3N2OS. The number of hydrogen-bond acceptors (Lipinski definition) is 4. The van der Waals surface area contributed by atoms with Crippen LogP contribution in [0.4, 0.5) is 13.2 Å². The molecule has 0 unspecified atom stereocenters. The van der Waals surface area contributed by atoms with Crippen LogP contribution in [0.25, 0.3) is 22.2 Å². The Morgan fingerprint density at radius 2 is 1.84 bits per heavy atom. The summed E-state index contributed by atoms with van der Waals surface area (Å²) in [4.78, 5) is 4.66. The topological polar surface area (TPSA) is 34.1 Å². The fourth-order valence-electron chi connectivity index (χ4n) is 3.28. The molecule has 0 saturated carbocycles. The monoisotopic (exact) mass is 462 g/mol. The fourth-order valence-corrected chi connectivity index (χ4v) is 4.05. The minimum absolute atomic E-state index is 0.280. The lowest BCUT2D eigenvalue weighted by molar-refractivity contribution is -0.274. The van der Waals surface area contributed by atoms with Crippen molar-refractivity contribution in [2.24, 2.45) is 0 Å². The second-order valence-corrected chi connectivity index (χ2v) is 8.18. The SMILES string of the molecule is FC(F)(F)Oc1ccc2cc(CNCCc3ccc(Cl)cc3)c(-c3ccsc3)nc2c1. The number of benzene rings is 2. The van der Waals surface area contributed by atoms with Gasteiger partial charge in [0.2, 0.25) is 0 Å². The Morgan fingerprint density at radius 3 is 2.55 bits per heavy atom. The van der Waals surface area contributed by atoms with Crippen LogP contribution in [0.5, 0.6) is 5.75 Å². The van der Waals surface area contributed by atoms with E-state index in [1.54, 1.807) is 17.4 Å². The maximum absolute atomic E-state index is 12.6. The zero-order valence-corrected chi connectivity index (χ0v) is 17.8. The number of nitrogens with one attached hydrogen (secondary N) is 1. The zero-order valence-electron chi connectivity index (χ0n) is 16.2. The predicted octanol–water partition coefficient (Wildman–Crippen LogP) is 6.85. The summed E-state index contributed by atoms with van der Waals surface area (Å²) in [5, 5.41) is 8.82. The Kier molecular flexibility index (Phi) is 6.46. The number of nitrogens with zero attached hydrogens (tertiary/aromatic N) is 1. The van der Waals surface area contributed by atoms with Gasteiger partial charge in [-0.1, -0.05) is 23.7 Å². The van der Waals surface area contributed by atoms with E-state index in [-0.39, 0.29) is 5.75 Å². The molecule has 0 atom stereocenters. The third kappa shape index (κ3) is 5.76. The van der Waals surface area contributed by atoms with E-state index in [2.05, 4.69) is 15.0 Å². The van der Waals surface area contributed by atoms with Gasteiger partial charge in [-0.3, -0.25) is 0 Å². The van der Waals surface area contributed by atoms with E-state index in [1.807, 2.05) is 47.2 Å². The number of pyridine rings is 1. The van der Waals surface area contributed by atoms with Crippen LogP contribution < -0.4 is 10.1 Å². The second-order valence-electron chi connectivity index (χ2n) is 6.96. The van der Waals surface area contributed by atoms with Crippen LogP contribution in [-0.4, -0.2) is 17.9 Å². The second kappa shape index (κ2) is 9.26. The number of hydrogen-bond donors (Lipinski definition) is 1. The molecule has 0 aliphatic heterocycles. The molecule has 0 aliphatic rings. The Bertz CT molecular complexity index is 1160. The molecule has 0 amide bonds. The lowest BCUT2D eigenvalue weighted by Gasteiger charge is -2.13. The van der Waals surface area contributed by atoms with E-state index < -0.39 is 6.36 Å². The first-order chi connectivity index (χ1) is 14.9. The number of rotatable bonds is 7. The van der Waals surface area contributed by atoms with E-state index in [4.69, 9.17) is 11.6 Å². The average molecular weight is 463 g/mol. The molecular weight excluding hydrogens is 445 g/mol. The highest BCUT2D eigenvalue weighted by molar-refractivity contribution is 7.08. The van der Waals surface area contributed by atoms with Gasteiger partial charge in [0.1, 0.15) is 5.75 Å². The molecule has 2 heterocycles. The van der Waals surface area contributed by atoms with E-state index >= 15 is 0 Å². The van der Waals surface area contributed by atoms with Crippen molar-refractivity contribution in [2.45, 2.75) is 19.3 Å². The summed E-state index contributed by atoms with van der Waals surface area (Å²) in [6.45, 7) is 1.35. The van der Waals surface area contributed by atoms with Crippen LogP contribution in [0.2, 0.25) is 5.02 Å². The van der Waals surface area contributed by atoms with Crippen molar-refractivity contribution < 1.29 is 17.9 Å². The normalized spacial score (nSPS) is 11.7. The minimum Gasteiger partial charge on any atom is -0.406 e. The first kappa shape index (κ1) is 21.6. The number of aromatic nitrogens is 1. The van der Waals surface area contributed by atoms with E-state index in [9.17, 15) is 13.2 Å². The van der Waals surface area contributed by atoms with Gasteiger partial charge in [-0.15, -0.1) is 13.2 Å². The summed E-state index contributed by atoms with van der Waals surface area (Å²) in [5.41, 5.74) is 4.29. The first-order valence-corrected chi connectivity index (χ1v) is 10.9. The molecule has 2 aromatic heterocycles. The minimum atomic E-state index is -4.74. The maximum Gasteiger partial charge on any atom is 0.573 e.